The van der Waals surface area contributed by atoms with Gasteiger partial charge in [-0.15, -0.1) is 23.2 Å². The number of imide groups is 4. The summed E-state index contributed by atoms with van der Waals surface area (Å²) >= 11 is 14.1. The molecule has 5 amide bonds. The normalized spacial score (nSPS) is 30.3. The van der Waals surface area contributed by atoms with Gasteiger partial charge in [0.05, 0.1) is 18.9 Å². The van der Waals surface area contributed by atoms with E-state index in [0.29, 0.717) is 4.90 Å². The number of ether oxygens (including phenoxy) is 1. The molecular weight excluding hydrogens is 666 g/mol. The minimum absolute atomic E-state index is 0.142. The van der Waals surface area contributed by atoms with Gasteiger partial charge in [-0.3, -0.25) is 19.2 Å². The summed E-state index contributed by atoms with van der Waals surface area (Å²) in [6.45, 7) is 3.00. The Balaban J connectivity index is 1.61. The molecule has 242 valence electrons. The molecule has 0 bridgehead atoms. The molecular formula is C30H21Cl2F5N2O7. The molecule has 2 aliphatic heterocycles. The molecule has 2 aromatic rings. The van der Waals surface area contributed by atoms with E-state index in [-0.39, 0.29) is 39.3 Å². The lowest BCUT2D eigenvalue weighted by molar-refractivity contribution is -0.138. The van der Waals surface area contributed by atoms with E-state index in [1.54, 1.807) is 0 Å². The number of carbonyl (C=O) groups is 5. The minimum atomic E-state index is -2.71. The lowest BCUT2D eigenvalue weighted by Crippen LogP contribution is -2.60. The fraction of sp³-hybridized carbons (Fsp3) is 0.367. The number of halogens is 7. The third kappa shape index (κ3) is 3.76. The van der Waals surface area contributed by atoms with Crippen molar-refractivity contribution in [3.63, 3.8) is 0 Å². The van der Waals surface area contributed by atoms with Crippen molar-refractivity contribution >= 4 is 58.6 Å². The Bertz CT molecular complexity index is 1820. The molecule has 0 radical (unpaired) electrons. The van der Waals surface area contributed by atoms with Gasteiger partial charge in [0.2, 0.25) is 17.6 Å². The minimum Gasteiger partial charge on any atom is -0.507 e. The monoisotopic (exact) mass is 686 g/mol. The van der Waals surface area contributed by atoms with Gasteiger partial charge < -0.3 is 9.84 Å². The Kier molecular flexibility index (Phi) is 7.10. The number of nitrogens with zero attached hydrogens (tertiary/aromatic N) is 2. The van der Waals surface area contributed by atoms with E-state index in [2.05, 4.69) is 4.74 Å². The first kappa shape index (κ1) is 31.9. The Morgan fingerprint density at radius 2 is 1.43 bits per heavy atom. The number of alkyl halides is 2. The van der Waals surface area contributed by atoms with E-state index in [1.165, 1.54) is 32.1 Å². The molecule has 6 unspecified atom stereocenters. The summed E-state index contributed by atoms with van der Waals surface area (Å²) in [5.41, 5.74) is -1.01. The van der Waals surface area contributed by atoms with Crippen LogP contribution < -0.4 is 4.90 Å². The molecule has 2 aliphatic carbocycles. The number of phenols is 1. The quantitative estimate of drug-likeness (QED) is 0.117. The van der Waals surface area contributed by atoms with Crippen LogP contribution in [0.3, 0.4) is 0 Å². The lowest BCUT2D eigenvalue weighted by Gasteiger charge is -2.50. The highest BCUT2D eigenvalue weighted by Crippen LogP contribution is 2.66. The molecule has 1 N–H and O–H groups in total. The predicted molar refractivity (Wildman–Crippen MR) is 148 cm³/mol. The maximum absolute atomic E-state index is 15.1. The van der Waals surface area contributed by atoms with Crippen LogP contribution in [-0.4, -0.2) is 56.6 Å². The molecule has 2 saturated heterocycles. The maximum Gasteiger partial charge on any atom is 0.423 e. The molecule has 0 aromatic heterocycles. The molecule has 0 spiro atoms. The van der Waals surface area contributed by atoms with Crippen LogP contribution in [0.4, 0.5) is 32.4 Å². The fourth-order valence-electron chi connectivity index (χ4n) is 7.37. The van der Waals surface area contributed by atoms with Gasteiger partial charge in [-0.25, -0.2) is 31.6 Å². The number of likely N-dealkylation sites (tertiary alicyclic amines) is 1. The second-order valence-electron chi connectivity index (χ2n) is 11.7. The Morgan fingerprint density at radius 1 is 0.891 bits per heavy atom. The van der Waals surface area contributed by atoms with Crippen molar-refractivity contribution in [2.75, 3.05) is 12.0 Å². The van der Waals surface area contributed by atoms with Gasteiger partial charge in [0, 0.05) is 5.92 Å². The number of carbonyl (C=O) groups excluding carboxylic acids is 5. The highest BCUT2D eigenvalue weighted by Gasteiger charge is 2.77. The van der Waals surface area contributed by atoms with Crippen molar-refractivity contribution in [3.05, 3.63) is 69.6 Å². The Labute approximate surface area is 266 Å². The van der Waals surface area contributed by atoms with E-state index in [4.69, 9.17) is 23.2 Å². The molecule has 6 rings (SSSR count). The van der Waals surface area contributed by atoms with Crippen molar-refractivity contribution in [3.8, 4) is 5.75 Å². The number of methoxy groups -OCH3 is 1. The summed E-state index contributed by atoms with van der Waals surface area (Å²) in [6.07, 6.45) is -0.644. The average Bonchev–Trinajstić information content (AvgIpc) is 3.35. The van der Waals surface area contributed by atoms with Crippen molar-refractivity contribution < 1.29 is 55.8 Å². The molecule has 46 heavy (non-hydrogen) atoms. The number of benzene rings is 2. The SMILES string of the molecule is COC(=O)N1C(=O)C2CC=C3C(CC4(Cl)C(=O)N(c5c(F)c(F)c(F)c(F)c5F)C(=O)C4(Cl)C3c3cc(C)c(O)c(C)c3)C2C1=O. The van der Waals surface area contributed by atoms with E-state index < -0.39 is 104 Å². The second-order valence-corrected chi connectivity index (χ2v) is 12.9. The number of fused-ring (bicyclic) bond motifs is 4. The highest BCUT2D eigenvalue weighted by molar-refractivity contribution is 6.58. The highest BCUT2D eigenvalue weighted by atomic mass is 35.5. The van der Waals surface area contributed by atoms with Crippen LogP contribution in [0.5, 0.6) is 5.75 Å². The van der Waals surface area contributed by atoms with E-state index in [1.807, 2.05) is 0 Å². The Morgan fingerprint density at radius 3 is 1.98 bits per heavy atom. The third-order valence-corrected chi connectivity index (χ3v) is 10.8. The number of amides is 5. The van der Waals surface area contributed by atoms with Crippen molar-refractivity contribution in [2.24, 2.45) is 17.8 Å². The molecule has 6 atom stereocenters. The summed E-state index contributed by atoms with van der Waals surface area (Å²) < 4.78 is 77.3. The van der Waals surface area contributed by atoms with Crippen LogP contribution in [0, 0.1) is 60.7 Å². The zero-order valence-electron chi connectivity index (χ0n) is 23.9. The van der Waals surface area contributed by atoms with Gasteiger partial charge in [0.1, 0.15) is 11.4 Å². The van der Waals surface area contributed by atoms with Crippen molar-refractivity contribution in [2.45, 2.75) is 42.4 Å². The third-order valence-electron chi connectivity index (χ3n) is 9.43. The molecule has 16 heteroatoms. The van der Waals surface area contributed by atoms with Gasteiger partial charge in [-0.05, 0) is 49.3 Å². The number of rotatable bonds is 2. The zero-order valence-corrected chi connectivity index (χ0v) is 25.4. The molecule has 2 aromatic carbocycles. The topological polar surface area (TPSA) is 121 Å². The maximum atomic E-state index is 15.1. The molecule has 1 saturated carbocycles. The van der Waals surface area contributed by atoms with Crippen molar-refractivity contribution in [1.82, 2.24) is 4.90 Å². The van der Waals surface area contributed by atoms with Gasteiger partial charge in [-0.1, -0.05) is 23.8 Å². The summed E-state index contributed by atoms with van der Waals surface area (Å²) in [5.74, 6) is -22.9. The second kappa shape index (κ2) is 10.2. The van der Waals surface area contributed by atoms with Gasteiger partial charge >= 0.3 is 6.09 Å². The summed E-state index contributed by atoms with van der Waals surface area (Å²) in [5, 5.41) is 10.5. The van der Waals surface area contributed by atoms with Crippen molar-refractivity contribution in [1.29, 1.82) is 0 Å². The number of aryl methyl sites for hydroxylation is 2. The fourth-order valence-corrected chi connectivity index (χ4v) is 8.30. The van der Waals surface area contributed by atoms with Crippen LogP contribution in [0.2, 0.25) is 0 Å². The van der Waals surface area contributed by atoms with Crippen LogP contribution in [0.15, 0.2) is 23.8 Å². The molecule has 4 aliphatic rings. The van der Waals surface area contributed by atoms with Gasteiger partial charge in [0.25, 0.3) is 11.8 Å². The first-order chi connectivity index (χ1) is 21.4. The van der Waals surface area contributed by atoms with Crippen LogP contribution in [0.1, 0.15) is 35.4 Å². The zero-order chi connectivity index (χ0) is 33.9. The number of hydrogen-bond acceptors (Lipinski definition) is 7. The largest absolute Gasteiger partial charge is 0.507 e. The number of phenolic OH excluding ortho intramolecular Hbond substituents is 1. The average molecular weight is 687 g/mol. The molecule has 2 heterocycles. The van der Waals surface area contributed by atoms with Crippen LogP contribution >= 0.6 is 23.2 Å². The summed E-state index contributed by atoms with van der Waals surface area (Å²) in [6, 6.07) is 2.79. The van der Waals surface area contributed by atoms with Crippen LogP contribution in [0.25, 0.3) is 0 Å². The molecule has 9 nitrogen and oxygen atoms in total. The number of hydrogen-bond donors (Lipinski definition) is 1. The first-order valence-electron chi connectivity index (χ1n) is 13.7. The summed E-state index contributed by atoms with van der Waals surface area (Å²) in [7, 11) is 0.951. The Hall–Kier alpha value is -4.04. The number of allylic oxidation sites excluding steroid dienone is 2. The lowest BCUT2D eigenvalue weighted by atomic mass is 9.56. The first-order valence-corrected chi connectivity index (χ1v) is 14.4. The van der Waals surface area contributed by atoms with Gasteiger partial charge in [-0.2, -0.15) is 4.90 Å². The van der Waals surface area contributed by atoms with Crippen LogP contribution in [-0.2, 0) is 23.9 Å². The standard InChI is InChI=1S/C30H21Cl2F5N2O7/c1-9-6-11(7-10(2)23(9)40)16-12-4-5-13-15(25(42)39(24(13)41)28(45)46-3)14(12)8-29(31)26(43)38(27(44)30(16,29)32)22-20(36)18(34)17(33)19(35)21(22)37/h4,6-7,13-16,40H,5,8H2,1-3H3. The molecule has 3 fully saturated rings. The summed E-state index contributed by atoms with van der Waals surface area (Å²) in [4.78, 5) is 62.1. The predicted octanol–water partition coefficient (Wildman–Crippen LogP) is 5.03. The van der Waals surface area contributed by atoms with E-state index in [9.17, 15) is 42.3 Å². The van der Waals surface area contributed by atoms with Gasteiger partial charge in [0.15, 0.2) is 33.0 Å². The number of aromatic hydroxyl groups is 1. The van der Waals surface area contributed by atoms with E-state index in [0.717, 1.165) is 7.11 Å². The number of anilines is 1. The smallest absolute Gasteiger partial charge is 0.423 e. The van der Waals surface area contributed by atoms with E-state index >= 15 is 8.78 Å².